The zero-order chi connectivity index (χ0) is 10.8. The van der Waals surface area contributed by atoms with E-state index in [9.17, 15) is 0 Å². The van der Waals surface area contributed by atoms with Crippen LogP contribution in [-0.4, -0.2) is 29.4 Å². The number of hydrogen-bond donors (Lipinski definition) is 0. The maximum Gasteiger partial charge on any atom is 0.0276 e. The minimum atomic E-state index is 0.475. The van der Waals surface area contributed by atoms with Crippen LogP contribution in [0.4, 0.5) is 0 Å². The van der Waals surface area contributed by atoms with Crippen LogP contribution >= 0.6 is 15.9 Å². The summed E-state index contributed by atoms with van der Waals surface area (Å²) in [5.74, 6) is 0.855. The van der Waals surface area contributed by atoms with E-state index in [0.717, 1.165) is 5.92 Å². The van der Waals surface area contributed by atoms with Crippen molar-refractivity contribution in [3.8, 4) is 0 Å². The number of hydrogen-bond acceptors (Lipinski definition) is 1. The topological polar surface area (TPSA) is 3.24 Å². The third-order valence-electron chi connectivity index (χ3n) is 2.86. The van der Waals surface area contributed by atoms with Crippen LogP contribution in [0, 0.1) is 11.3 Å². The molecule has 0 aromatic rings. The van der Waals surface area contributed by atoms with E-state index in [-0.39, 0.29) is 0 Å². The van der Waals surface area contributed by atoms with Gasteiger partial charge >= 0.3 is 0 Å². The molecule has 1 aliphatic rings. The lowest BCUT2D eigenvalue weighted by molar-refractivity contribution is 0.168. The molecule has 0 bridgehead atoms. The van der Waals surface area contributed by atoms with Gasteiger partial charge in [0.05, 0.1) is 0 Å². The fourth-order valence-corrected chi connectivity index (χ4v) is 3.10. The van der Waals surface area contributed by atoms with Gasteiger partial charge in [-0.3, -0.25) is 0 Å². The third kappa shape index (κ3) is 4.79. The van der Waals surface area contributed by atoms with Crippen molar-refractivity contribution < 1.29 is 0 Å². The second-order valence-corrected chi connectivity index (χ2v) is 7.30. The third-order valence-corrected chi connectivity index (χ3v) is 3.53. The van der Waals surface area contributed by atoms with Crippen LogP contribution in [-0.2, 0) is 0 Å². The maximum absolute atomic E-state index is 3.75. The molecule has 0 saturated carbocycles. The van der Waals surface area contributed by atoms with E-state index in [1.54, 1.807) is 0 Å². The molecule has 0 aromatic heterocycles. The predicted octanol–water partition coefficient (Wildman–Crippen LogP) is 3.53. The van der Waals surface area contributed by atoms with Gasteiger partial charge in [-0.05, 0) is 30.7 Å². The second kappa shape index (κ2) is 4.98. The lowest BCUT2D eigenvalue weighted by Gasteiger charge is -2.35. The lowest BCUT2D eigenvalue weighted by atomic mass is 9.91. The standard InChI is InChI=1S/C12H24BrN/c1-10-7-11(13)9-14(8-10)6-5-12(2,3)4/h10-11H,5-9H2,1-4H3. The van der Waals surface area contributed by atoms with Crippen LogP contribution in [0.3, 0.4) is 0 Å². The number of piperidine rings is 1. The first-order valence-corrected chi connectivity index (χ1v) is 6.65. The highest BCUT2D eigenvalue weighted by Crippen LogP contribution is 2.24. The Balaban J connectivity index is 2.30. The van der Waals surface area contributed by atoms with Gasteiger partial charge in [0.25, 0.3) is 0 Å². The molecule has 1 aliphatic heterocycles. The Labute approximate surface area is 97.4 Å². The molecule has 1 rings (SSSR count). The second-order valence-electron chi connectivity index (χ2n) is 6.01. The first-order chi connectivity index (χ1) is 6.37. The van der Waals surface area contributed by atoms with Gasteiger partial charge in [0, 0.05) is 17.9 Å². The molecule has 14 heavy (non-hydrogen) atoms. The first kappa shape index (κ1) is 12.5. The van der Waals surface area contributed by atoms with E-state index in [2.05, 4.69) is 48.5 Å². The SMILES string of the molecule is CC1CC(Br)CN(CCC(C)(C)C)C1. The van der Waals surface area contributed by atoms with Crippen molar-refractivity contribution in [2.75, 3.05) is 19.6 Å². The molecule has 84 valence electrons. The van der Waals surface area contributed by atoms with Crippen molar-refractivity contribution >= 4 is 15.9 Å². The molecule has 0 amide bonds. The highest BCUT2D eigenvalue weighted by Gasteiger charge is 2.23. The van der Waals surface area contributed by atoms with Gasteiger partial charge in [0.1, 0.15) is 0 Å². The van der Waals surface area contributed by atoms with Crippen LogP contribution in [0.25, 0.3) is 0 Å². The molecule has 0 aliphatic carbocycles. The molecule has 2 heteroatoms. The normalized spacial score (nSPS) is 30.6. The molecule has 1 nitrogen and oxygen atoms in total. The summed E-state index contributed by atoms with van der Waals surface area (Å²) in [7, 11) is 0. The van der Waals surface area contributed by atoms with Gasteiger partial charge < -0.3 is 4.90 Å². The predicted molar refractivity (Wildman–Crippen MR) is 67.0 cm³/mol. The lowest BCUT2D eigenvalue weighted by Crippen LogP contribution is -2.41. The average molecular weight is 262 g/mol. The Morgan fingerprint density at radius 1 is 1.29 bits per heavy atom. The van der Waals surface area contributed by atoms with E-state index in [1.165, 1.54) is 32.5 Å². The van der Waals surface area contributed by atoms with Crippen molar-refractivity contribution in [1.29, 1.82) is 0 Å². The van der Waals surface area contributed by atoms with Crippen molar-refractivity contribution in [2.24, 2.45) is 11.3 Å². The largest absolute Gasteiger partial charge is 0.302 e. The summed E-state index contributed by atoms with van der Waals surface area (Å²) < 4.78 is 0. The van der Waals surface area contributed by atoms with E-state index >= 15 is 0 Å². The molecule has 1 saturated heterocycles. The summed E-state index contributed by atoms with van der Waals surface area (Å²) in [5, 5.41) is 0. The van der Waals surface area contributed by atoms with Gasteiger partial charge in [-0.1, -0.05) is 43.6 Å². The molecule has 1 fully saturated rings. The summed E-state index contributed by atoms with van der Waals surface area (Å²) in [6.45, 7) is 13.1. The molecule has 1 heterocycles. The molecule has 0 N–H and O–H groups in total. The molecule has 0 aromatic carbocycles. The van der Waals surface area contributed by atoms with Crippen LogP contribution in [0.2, 0.25) is 0 Å². The van der Waals surface area contributed by atoms with E-state index in [0.29, 0.717) is 10.2 Å². The van der Waals surface area contributed by atoms with Crippen molar-refractivity contribution in [1.82, 2.24) is 4.90 Å². The summed E-state index contributed by atoms with van der Waals surface area (Å²) in [5.41, 5.74) is 0.475. The smallest absolute Gasteiger partial charge is 0.0276 e. The summed E-state index contributed by atoms with van der Waals surface area (Å²) in [6.07, 6.45) is 2.64. The Morgan fingerprint density at radius 3 is 2.43 bits per heavy atom. The first-order valence-electron chi connectivity index (χ1n) is 5.73. The average Bonchev–Trinajstić information content (AvgIpc) is 1.97. The fourth-order valence-electron chi connectivity index (χ4n) is 2.06. The number of halogens is 1. The Hall–Kier alpha value is 0.440. The quantitative estimate of drug-likeness (QED) is 0.688. The molecular weight excluding hydrogens is 238 g/mol. The molecule has 0 spiro atoms. The molecule has 2 unspecified atom stereocenters. The van der Waals surface area contributed by atoms with Gasteiger partial charge in [0.15, 0.2) is 0 Å². The van der Waals surface area contributed by atoms with Gasteiger partial charge in [-0.15, -0.1) is 0 Å². The number of alkyl halides is 1. The van der Waals surface area contributed by atoms with Crippen molar-refractivity contribution in [3.63, 3.8) is 0 Å². The van der Waals surface area contributed by atoms with E-state index < -0.39 is 0 Å². The summed E-state index contributed by atoms with van der Waals surface area (Å²) in [6, 6.07) is 0. The highest BCUT2D eigenvalue weighted by molar-refractivity contribution is 9.09. The number of rotatable bonds is 2. The monoisotopic (exact) mass is 261 g/mol. The Bertz CT molecular complexity index is 164. The minimum absolute atomic E-state index is 0.475. The Kier molecular flexibility index (Phi) is 4.45. The molecule has 0 radical (unpaired) electrons. The zero-order valence-electron chi connectivity index (χ0n) is 10.0. The summed E-state index contributed by atoms with van der Waals surface area (Å²) >= 11 is 3.75. The van der Waals surface area contributed by atoms with E-state index in [1.807, 2.05) is 0 Å². The van der Waals surface area contributed by atoms with Crippen LogP contribution < -0.4 is 0 Å². The van der Waals surface area contributed by atoms with E-state index in [4.69, 9.17) is 0 Å². The number of likely N-dealkylation sites (tertiary alicyclic amines) is 1. The minimum Gasteiger partial charge on any atom is -0.302 e. The highest BCUT2D eigenvalue weighted by atomic mass is 79.9. The fraction of sp³-hybridized carbons (Fsp3) is 1.00. The molecular formula is C12H24BrN. The maximum atomic E-state index is 3.75. The zero-order valence-corrected chi connectivity index (χ0v) is 11.6. The van der Waals surface area contributed by atoms with Crippen molar-refractivity contribution in [2.45, 2.75) is 45.4 Å². The van der Waals surface area contributed by atoms with Crippen LogP contribution in [0.5, 0.6) is 0 Å². The van der Waals surface area contributed by atoms with Gasteiger partial charge in [-0.2, -0.15) is 0 Å². The molecule has 2 atom stereocenters. The van der Waals surface area contributed by atoms with Crippen molar-refractivity contribution in [3.05, 3.63) is 0 Å². The van der Waals surface area contributed by atoms with Gasteiger partial charge in [0.2, 0.25) is 0 Å². The Morgan fingerprint density at radius 2 is 1.93 bits per heavy atom. The van der Waals surface area contributed by atoms with Crippen LogP contribution in [0.15, 0.2) is 0 Å². The summed E-state index contributed by atoms with van der Waals surface area (Å²) in [4.78, 5) is 3.32. The van der Waals surface area contributed by atoms with Crippen LogP contribution in [0.1, 0.15) is 40.5 Å². The van der Waals surface area contributed by atoms with Gasteiger partial charge in [-0.25, -0.2) is 0 Å². The number of nitrogens with zero attached hydrogens (tertiary/aromatic N) is 1.